The third-order valence-corrected chi connectivity index (χ3v) is 3.86. The van der Waals surface area contributed by atoms with Crippen LogP contribution in [0, 0.1) is 0 Å². The van der Waals surface area contributed by atoms with E-state index >= 15 is 0 Å². The Morgan fingerprint density at radius 3 is 2.78 bits per heavy atom. The number of halogens is 1. The molecule has 0 bridgehead atoms. The molecule has 0 N–H and O–H groups in total. The lowest BCUT2D eigenvalue weighted by Gasteiger charge is -2.35. The quantitative estimate of drug-likeness (QED) is 0.809. The largest absolute Gasteiger partial charge is 0.355 e. The van der Waals surface area contributed by atoms with E-state index in [-0.39, 0.29) is 0 Å². The van der Waals surface area contributed by atoms with E-state index in [1.165, 1.54) is 5.82 Å². The number of fused-ring (bicyclic) bond motifs is 1. The average Bonchev–Trinajstić information content (AvgIpc) is 2.88. The monoisotopic (exact) mass is 308 g/mol. The molecule has 0 spiro atoms. The number of hydrogen-bond acceptors (Lipinski definition) is 3. The lowest BCUT2D eigenvalue weighted by molar-refractivity contribution is 0.273. The van der Waals surface area contributed by atoms with Gasteiger partial charge in [0, 0.05) is 50.4 Å². The molecule has 0 unspecified atom stereocenters. The molecule has 0 saturated carbocycles. The van der Waals surface area contributed by atoms with Crippen molar-refractivity contribution in [2.75, 3.05) is 43.0 Å². The average molecular weight is 309 g/mol. The Bertz CT molecular complexity index is 516. The van der Waals surface area contributed by atoms with E-state index in [0.29, 0.717) is 0 Å². The fraction of sp³-hybridized carbons (Fsp3) is 0.462. The summed E-state index contributed by atoms with van der Waals surface area (Å²) in [5.74, 6) is 1.25. The molecule has 1 aliphatic rings. The van der Waals surface area contributed by atoms with Gasteiger partial charge >= 0.3 is 0 Å². The van der Waals surface area contributed by atoms with Gasteiger partial charge in [-0.2, -0.15) is 0 Å². The molecule has 0 aromatic carbocycles. The molecule has 2 aromatic rings. The van der Waals surface area contributed by atoms with Crippen LogP contribution in [0.25, 0.3) is 5.65 Å². The van der Waals surface area contributed by atoms with Gasteiger partial charge in [-0.1, -0.05) is 22.0 Å². The van der Waals surface area contributed by atoms with Crippen LogP contribution in [0.15, 0.2) is 30.6 Å². The lowest BCUT2D eigenvalue weighted by atomic mass is 10.3. The summed E-state index contributed by atoms with van der Waals surface area (Å²) in [7, 11) is 0. The highest BCUT2D eigenvalue weighted by Crippen LogP contribution is 2.18. The van der Waals surface area contributed by atoms with Gasteiger partial charge in [-0.05, 0) is 12.1 Å². The summed E-state index contributed by atoms with van der Waals surface area (Å²) in [5, 5.41) is 1.06. The second-order valence-corrected chi connectivity index (χ2v) is 5.35. The molecule has 3 heterocycles. The normalized spacial score (nSPS) is 17.5. The zero-order valence-electron chi connectivity index (χ0n) is 10.3. The highest BCUT2D eigenvalue weighted by Gasteiger charge is 2.18. The third-order valence-electron chi connectivity index (χ3n) is 3.50. The molecule has 18 heavy (non-hydrogen) atoms. The first-order valence-electron chi connectivity index (χ1n) is 6.34. The molecule has 1 saturated heterocycles. The highest BCUT2D eigenvalue weighted by molar-refractivity contribution is 9.09. The van der Waals surface area contributed by atoms with Gasteiger partial charge in [0.1, 0.15) is 11.5 Å². The van der Waals surface area contributed by atoms with Crippen LogP contribution in [0.2, 0.25) is 0 Å². The first-order valence-corrected chi connectivity index (χ1v) is 7.46. The number of pyridine rings is 1. The second kappa shape index (κ2) is 5.28. The predicted molar refractivity (Wildman–Crippen MR) is 77.6 cm³/mol. The van der Waals surface area contributed by atoms with Crippen LogP contribution >= 0.6 is 15.9 Å². The predicted octanol–water partition coefficient (Wildman–Crippen LogP) is 1.85. The van der Waals surface area contributed by atoms with Crippen LogP contribution in [0.3, 0.4) is 0 Å². The molecule has 4 nitrogen and oxygen atoms in total. The number of nitrogens with zero attached hydrogens (tertiary/aromatic N) is 4. The van der Waals surface area contributed by atoms with Crippen LogP contribution < -0.4 is 4.90 Å². The summed E-state index contributed by atoms with van der Waals surface area (Å²) < 4.78 is 2.17. The van der Waals surface area contributed by atoms with Gasteiger partial charge in [0.2, 0.25) is 0 Å². The number of piperazine rings is 1. The maximum absolute atomic E-state index is 4.34. The Morgan fingerprint density at radius 2 is 2.00 bits per heavy atom. The molecule has 1 aliphatic heterocycles. The van der Waals surface area contributed by atoms with Crippen molar-refractivity contribution in [3.05, 3.63) is 30.6 Å². The Kier molecular flexibility index (Phi) is 3.52. The van der Waals surface area contributed by atoms with E-state index < -0.39 is 0 Å². The van der Waals surface area contributed by atoms with Crippen LogP contribution in [0.1, 0.15) is 0 Å². The van der Waals surface area contributed by atoms with Crippen molar-refractivity contribution in [3.63, 3.8) is 0 Å². The second-order valence-electron chi connectivity index (χ2n) is 4.56. The van der Waals surface area contributed by atoms with Crippen molar-refractivity contribution >= 4 is 27.4 Å². The Hall–Kier alpha value is -1.07. The molecule has 96 valence electrons. The van der Waals surface area contributed by atoms with Gasteiger partial charge in [-0.25, -0.2) is 4.98 Å². The molecule has 0 amide bonds. The SMILES string of the molecule is BrCCN1CCN(c2cccc3nccn23)CC1. The fourth-order valence-corrected chi connectivity index (χ4v) is 3.01. The zero-order chi connectivity index (χ0) is 12.4. The topological polar surface area (TPSA) is 23.8 Å². The third kappa shape index (κ3) is 2.24. The summed E-state index contributed by atoms with van der Waals surface area (Å²) >= 11 is 3.50. The summed E-state index contributed by atoms with van der Waals surface area (Å²) in [5.41, 5.74) is 1.02. The van der Waals surface area contributed by atoms with Gasteiger partial charge in [0.05, 0.1) is 0 Å². The molecule has 0 aliphatic carbocycles. The maximum atomic E-state index is 4.34. The Balaban J connectivity index is 1.78. The van der Waals surface area contributed by atoms with Crippen molar-refractivity contribution in [2.45, 2.75) is 0 Å². The number of aromatic nitrogens is 2. The number of anilines is 1. The van der Waals surface area contributed by atoms with Crippen molar-refractivity contribution in [2.24, 2.45) is 0 Å². The van der Waals surface area contributed by atoms with E-state index in [1.54, 1.807) is 0 Å². The van der Waals surface area contributed by atoms with Gasteiger partial charge in [0.15, 0.2) is 0 Å². The summed E-state index contributed by atoms with van der Waals surface area (Å²) in [6.45, 7) is 5.59. The molecule has 2 aromatic heterocycles. The standard InChI is InChI=1S/C13H17BrN4/c14-4-6-16-8-10-17(11-9-16)13-3-1-2-12-15-5-7-18(12)13/h1-3,5,7H,4,6,8-11H2. The number of imidazole rings is 1. The summed E-state index contributed by atoms with van der Waals surface area (Å²) in [6.07, 6.45) is 3.90. The summed E-state index contributed by atoms with van der Waals surface area (Å²) in [4.78, 5) is 9.28. The number of rotatable bonds is 3. The van der Waals surface area contributed by atoms with Crippen LogP contribution in [-0.4, -0.2) is 52.3 Å². The molecule has 3 rings (SSSR count). The van der Waals surface area contributed by atoms with E-state index in [1.807, 2.05) is 18.5 Å². The number of alkyl halides is 1. The molecule has 0 radical (unpaired) electrons. The first kappa shape index (κ1) is 12.0. The molecular formula is C13H17BrN4. The Morgan fingerprint density at radius 1 is 1.17 bits per heavy atom. The highest BCUT2D eigenvalue weighted by atomic mass is 79.9. The van der Waals surface area contributed by atoms with E-state index in [0.717, 1.165) is 43.7 Å². The van der Waals surface area contributed by atoms with E-state index in [2.05, 4.69) is 47.2 Å². The zero-order valence-corrected chi connectivity index (χ0v) is 11.9. The van der Waals surface area contributed by atoms with Crippen LogP contribution in [-0.2, 0) is 0 Å². The van der Waals surface area contributed by atoms with Gasteiger partial charge in [-0.15, -0.1) is 0 Å². The van der Waals surface area contributed by atoms with Crippen molar-refractivity contribution in [3.8, 4) is 0 Å². The minimum Gasteiger partial charge on any atom is -0.355 e. The molecule has 1 fully saturated rings. The van der Waals surface area contributed by atoms with E-state index in [4.69, 9.17) is 0 Å². The van der Waals surface area contributed by atoms with Crippen LogP contribution in [0.4, 0.5) is 5.82 Å². The Labute approximate surface area is 115 Å². The first-order chi connectivity index (χ1) is 8.88. The van der Waals surface area contributed by atoms with Crippen LogP contribution in [0.5, 0.6) is 0 Å². The minimum absolute atomic E-state index is 1.02. The molecular weight excluding hydrogens is 292 g/mol. The van der Waals surface area contributed by atoms with E-state index in [9.17, 15) is 0 Å². The van der Waals surface area contributed by atoms with Gasteiger partial charge < -0.3 is 4.90 Å². The molecule has 5 heteroatoms. The fourth-order valence-electron chi connectivity index (χ4n) is 2.51. The minimum atomic E-state index is 1.02. The lowest BCUT2D eigenvalue weighted by Crippen LogP contribution is -2.47. The number of hydrogen-bond donors (Lipinski definition) is 0. The van der Waals surface area contributed by atoms with Crippen molar-refractivity contribution in [1.29, 1.82) is 0 Å². The molecule has 0 atom stereocenters. The van der Waals surface area contributed by atoms with Gasteiger partial charge in [-0.3, -0.25) is 9.30 Å². The van der Waals surface area contributed by atoms with Gasteiger partial charge in [0.25, 0.3) is 0 Å². The summed E-state index contributed by atoms with van der Waals surface area (Å²) in [6, 6.07) is 6.31. The van der Waals surface area contributed by atoms with Crippen molar-refractivity contribution < 1.29 is 0 Å². The van der Waals surface area contributed by atoms with Crippen molar-refractivity contribution in [1.82, 2.24) is 14.3 Å². The smallest absolute Gasteiger partial charge is 0.138 e. The maximum Gasteiger partial charge on any atom is 0.138 e.